The second kappa shape index (κ2) is 7.92. The molecule has 6 heteroatoms. The van der Waals surface area contributed by atoms with Crippen LogP contribution >= 0.6 is 0 Å². The number of ether oxygens (including phenoxy) is 1. The van der Waals surface area contributed by atoms with E-state index in [1.807, 2.05) is 0 Å². The number of amides is 1. The number of nitriles is 1. The number of anilines is 1. The standard InChI is InChI=1S/C20H15N3O3/c21-12-14-4-1-2-6-18(14)26-17-9-7-16(8-10-17)23-20(25)19(24)15-5-3-11-22-13-15/h1-11,13,19,24H,(H,23,25). The van der Waals surface area contributed by atoms with Crippen molar-refractivity contribution in [2.75, 3.05) is 5.32 Å². The molecule has 0 aliphatic carbocycles. The lowest BCUT2D eigenvalue weighted by atomic mass is 10.1. The maximum atomic E-state index is 12.1. The van der Waals surface area contributed by atoms with Gasteiger partial charge in [0.05, 0.1) is 5.56 Å². The predicted octanol–water partition coefficient (Wildman–Crippen LogP) is 3.42. The molecule has 1 unspecified atom stereocenters. The molecule has 6 nitrogen and oxygen atoms in total. The number of pyridine rings is 1. The summed E-state index contributed by atoms with van der Waals surface area (Å²) < 4.78 is 5.68. The molecule has 0 saturated heterocycles. The summed E-state index contributed by atoms with van der Waals surface area (Å²) >= 11 is 0. The highest BCUT2D eigenvalue weighted by Crippen LogP contribution is 2.26. The van der Waals surface area contributed by atoms with Gasteiger partial charge in [-0.05, 0) is 42.5 Å². The SMILES string of the molecule is N#Cc1ccccc1Oc1ccc(NC(=O)C(O)c2cccnc2)cc1. The molecule has 1 aromatic heterocycles. The first-order valence-electron chi connectivity index (χ1n) is 7.83. The van der Waals surface area contributed by atoms with Gasteiger partial charge in [-0.1, -0.05) is 18.2 Å². The van der Waals surface area contributed by atoms with Gasteiger partial charge in [0.2, 0.25) is 0 Å². The van der Waals surface area contributed by atoms with E-state index in [1.54, 1.807) is 66.9 Å². The number of carbonyl (C=O) groups is 1. The molecule has 26 heavy (non-hydrogen) atoms. The molecule has 128 valence electrons. The van der Waals surface area contributed by atoms with Gasteiger partial charge in [-0.2, -0.15) is 5.26 Å². The molecule has 0 radical (unpaired) electrons. The first-order chi connectivity index (χ1) is 12.7. The smallest absolute Gasteiger partial charge is 0.257 e. The summed E-state index contributed by atoms with van der Waals surface area (Å²) in [5.74, 6) is 0.429. The maximum absolute atomic E-state index is 12.1. The zero-order valence-corrected chi connectivity index (χ0v) is 13.7. The summed E-state index contributed by atoms with van der Waals surface area (Å²) in [6.45, 7) is 0. The topological polar surface area (TPSA) is 95.2 Å². The van der Waals surface area contributed by atoms with Crippen molar-refractivity contribution in [3.05, 3.63) is 84.2 Å². The Morgan fingerprint density at radius 2 is 1.88 bits per heavy atom. The Kier molecular flexibility index (Phi) is 5.22. The van der Waals surface area contributed by atoms with E-state index in [0.717, 1.165) is 0 Å². The Balaban J connectivity index is 1.66. The lowest BCUT2D eigenvalue weighted by Crippen LogP contribution is -2.20. The fourth-order valence-electron chi connectivity index (χ4n) is 2.28. The Labute approximate surface area is 150 Å². The van der Waals surface area contributed by atoms with E-state index >= 15 is 0 Å². The lowest BCUT2D eigenvalue weighted by Gasteiger charge is -2.12. The zero-order valence-electron chi connectivity index (χ0n) is 13.7. The average molecular weight is 345 g/mol. The van der Waals surface area contributed by atoms with E-state index in [1.165, 1.54) is 6.20 Å². The lowest BCUT2D eigenvalue weighted by molar-refractivity contribution is -0.124. The molecule has 0 bridgehead atoms. The van der Waals surface area contributed by atoms with E-state index in [0.29, 0.717) is 28.3 Å². The highest BCUT2D eigenvalue weighted by Gasteiger charge is 2.17. The van der Waals surface area contributed by atoms with E-state index in [-0.39, 0.29) is 0 Å². The van der Waals surface area contributed by atoms with Crippen molar-refractivity contribution in [3.63, 3.8) is 0 Å². The maximum Gasteiger partial charge on any atom is 0.257 e. The van der Waals surface area contributed by atoms with Crippen molar-refractivity contribution in [1.29, 1.82) is 5.26 Å². The summed E-state index contributed by atoms with van der Waals surface area (Å²) in [6.07, 6.45) is 1.70. The monoisotopic (exact) mass is 345 g/mol. The van der Waals surface area contributed by atoms with Crippen LogP contribution in [0.2, 0.25) is 0 Å². The van der Waals surface area contributed by atoms with Crippen molar-refractivity contribution < 1.29 is 14.6 Å². The second-order valence-corrected chi connectivity index (χ2v) is 5.41. The average Bonchev–Trinajstić information content (AvgIpc) is 2.70. The van der Waals surface area contributed by atoms with Crippen LogP contribution in [0.15, 0.2) is 73.1 Å². The normalized spacial score (nSPS) is 11.2. The Bertz CT molecular complexity index is 935. The molecule has 3 rings (SSSR count). The van der Waals surface area contributed by atoms with Crippen molar-refractivity contribution in [1.82, 2.24) is 4.98 Å². The Morgan fingerprint density at radius 3 is 2.58 bits per heavy atom. The molecule has 1 amide bonds. The number of hydrogen-bond acceptors (Lipinski definition) is 5. The summed E-state index contributed by atoms with van der Waals surface area (Å²) in [5, 5.41) is 21.8. The van der Waals surface area contributed by atoms with Gasteiger partial charge in [0, 0.05) is 23.6 Å². The van der Waals surface area contributed by atoms with Gasteiger partial charge in [0.15, 0.2) is 6.10 Å². The third-order valence-electron chi connectivity index (χ3n) is 3.61. The highest BCUT2D eigenvalue weighted by molar-refractivity contribution is 5.94. The number of hydrogen-bond donors (Lipinski definition) is 2. The Morgan fingerprint density at radius 1 is 1.12 bits per heavy atom. The van der Waals surface area contributed by atoms with Crippen molar-refractivity contribution in [2.24, 2.45) is 0 Å². The molecule has 1 heterocycles. The fourth-order valence-corrected chi connectivity index (χ4v) is 2.28. The molecule has 3 aromatic rings. The van der Waals surface area contributed by atoms with Gasteiger partial charge in [0.1, 0.15) is 17.6 Å². The minimum atomic E-state index is -1.30. The number of nitrogens with one attached hydrogen (secondary N) is 1. The van der Waals surface area contributed by atoms with E-state index in [4.69, 9.17) is 10.00 Å². The van der Waals surface area contributed by atoms with Crippen LogP contribution in [0.25, 0.3) is 0 Å². The van der Waals surface area contributed by atoms with Gasteiger partial charge >= 0.3 is 0 Å². The Hall–Kier alpha value is -3.69. The van der Waals surface area contributed by atoms with Crippen LogP contribution in [0.3, 0.4) is 0 Å². The number of aliphatic hydroxyl groups is 1. The van der Waals surface area contributed by atoms with Crippen LogP contribution in [0.5, 0.6) is 11.5 Å². The van der Waals surface area contributed by atoms with Crippen molar-refractivity contribution in [2.45, 2.75) is 6.10 Å². The van der Waals surface area contributed by atoms with Gasteiger partial charge < -0.3 is 15.2 Å². The van der Waals surface area contributed by atoms with Gasteiger partial charge in [0.25, 0.3) is 5.91 Å². The zero-order chi connectivity index (χ0) is 18.4. The first kappa shape index (κ1) is 17.1. The van der Waals surface area contributed by atoms with Crippen molar-refractivity contribution in [3.8, 4) is 17.6 Å². The number of carbonyl (C=O) groups excluding carboxylic acids is 1. The minimum Gasteiger partial charge on any atom is -0.456 e. The minimum absolute atomic E-state index is 0.415. The van der Waals surface area contributed by atoms with Crippen LogP contribution in [-0.2, 0) is 4.79 Å². The summed E-state index contributed by atoms with van der Waals surface area (Å²) in [6, 6.07) is 18.9. The third-order valence-corrected chi connectivity index (χ3v) is 3.61. The quantitative estimate of drug-likeness (QED) is 0.739. The highest BCUT2D eigenvalue weighted by atomic mass is 16.5. The molecular weight excluding hydrogens is 330 g/mol. The van der Waals surface area contributed by atoms with Gasteiger partial charge in [-0.25, -0.2) is 0 Å². The molecule has 0 aliphatic heterocycles. The molecule has 0 spiro atoms. The van der Waals surface area contributed by atoms with Crippen LogP contribution in [0, 0.1) is 11.3 Å². The molecular formula is C20H15N3O3. The molecule has 0 fully saturated rings. The number of aliphatic hydroxyl groups excluding tert-OH is 1. The molecule has 0 saturated carbocycles. The largest absolute Gasteiger partial charge is 0.456 e. The van der Waals surface area contributed by atoms with E-state index in [2.05, 4.69) is 16.4 Å². The summed E-state index contributed by atoms with van der Waals surface area (Å²) in [5.41, 5.74) is 1.36. The number of nitrogens with zero attached hydrogens (tertiary/aromatic N) is 2. The van der Waals surface area contributed by atoms with E-state index in [9.17, 15) is 9.90 Å². The predicted molar refractivity (Wildman–Crippen MR) is 95.5 cm³/mol. The first-order valence-corrected chi connectivity index (χ1v) is 7.83. The number of para-hydroxylation sites is 1. The second-order valence-electron chi connectivity index (χ2n) is 5.41. The molecule has 2 aromatic carbocycles. The van der Waals surface area contributed by atoms with Gasteiger partial charge in [-0.15, -0.1) is 0 Å². The molecule has 0 aliphatic rings. The molecule has 2 N–H and O–H groups in total. The third kappa shape index (κ3) is 4.04. The van der Waals surface area contributed by atoms with Crippen LogP contribution in [0.4, 0.5) is 5.69 Å². The summed E-state index contributed by atoms with van der Waals surface area (Å²) in [4.78, 5) is 16.0. The van der Waals surface area contributed by atoms with Crippen LogP contribution in [-0.4, -0.2) is 16.0 Å². The number of aromatic nitrogens is 1. The van der Waals surface area contributed by atoms with Crippen LogP contribution in [0.1, 0.15) is 17.2 Å². The van der Waals surface area contributed by atoms with Crippen LogP contribution < -0.4 is 10.1 Å². The van der Waals surface area contributed by atoms with Gasteiger partial charge in [-0.3, -0.25) is 9.78 Å². The number of rotatable bonds is 5. The van der Waals surface area contributed by atoms with E-state index < -0.39 is 12.0 Å². The fraction of sp³-hybridized carbons (Fsp3) is 0.0500. The molecule has 1 atom stereocenters. The van der Waals surface area contributed by atoms with Crippen molar-refractivity contribution >= 4 is 11.6 Å². The number of benzene rings is 2. The summed E-state index contributed by atoms with van der Waals surface area (Å²) in [7, 11) is 0.